The van der Waals surface area contributed by atoms with E-state index in [2.05, 4.69) is 0 Å². The number of rotatable bonds is 1. The SMILES string of the molecule is O=C([O-])C1CCCC1=O. The minimum atomic E-state index is -1.21. The fourth-order valence-electron chi connectivity index (χ4n) is 1.06. The molecular weight excluding hydrogens is 120 g/mol. The van der Waals surface area contributed by atoms with Crippen molar-refractivity contribution in [1.29, 1.82) is 0 Å². The zero-order valence-corrected chi connectivity index (χ0v) is 4.92. The number of ketones is 1. The third-order valence-corrected chi connectivity index (χ3v) is 1.59. The third-order valence-electron chi connectivity index (χ3n) is 1.59. The molecule has 0 N–H and O–H groups in total. The van der Waals surface area contributed by atoms with Crippen molar-refractivity contribution in [2.45, 2.75) is 19.3 Å². The molecular formula is C6H7O3-. The van der Waals surface area contributed by atoms with Gasteiger partial charge >= 0.3 is 0 Å². The van der Waals surface area contributed by atoms with Crippen LogP contribution in [0.25, 0.3) is 0 Å². The van der Waals surface area contributed by atoms with E-state index in [0.29, 0.717) is 19.3 Å². The fraction of sp³-hybridized carbons (Fsp3) is 0.667. The first-order chi connectivity index (χ1) is 4.22. The second-order valence-corrected chi connectivity index (χ2v) is 2.23. The maximum absolute atomic E-state index is 10.6. The Bertz CT molecular complexity index is 150. The highest BCUT2D eigenvalue weighted by molar-refractivity contribution is 5.98. The van der Waals surface area contributed by atoms with Gasteiger partial charge in [-0.15, -0.1) is 0 Å². The number of carboxylic acid groups (broad SMARTS) is 1. The molecule has 1 saturated carbocycles. The Morgan fingerprint density at radius 2 is 2.33 bits per heavy atom. The van der Waals surface area contributed by atoms with Crippen LogP contribution < -0.4 is 5.11 Å². The largest absolute Gasteiger partial charge is 0.549 e. The Kier molecular flexibility index (Phi) is 1.51. The van der Waals surface area contributed by atoms with E-state index in [0.717, 1.165) is 0 Å². The molecule has 1 unspecified atom stereocenters. The van der Waals surface area contributed by atoms with Gasteiger partial charge in [0.2, 0.25) is 0 Å². The molecule has 1 aliphatic rings. The summed E-state index contributed by atoms with van der Waals surface area (Å²) in [5, 5.41) is 10.1. The van der Waals surface area contributed by atoms with Crippen molar-refractivity contribution in [3.63, 3.8) is 0 Å². The summed E-state index contributed by atoms with van der Waals surface area (Å²) in [6.45, 7) is 0. The van der Waals surface area contributed by atoms with Gasteiger partial charge in [0.25, 0.3) is 0 Å². The second-order valence-electron chi connectivity index (χ2n) is 2.23. The van der Waals surface area contributed by atoms with Crippen LogP contribution >= 0.6 is 0 Å². The van der Waals surface area contributed by atoms with Crippen LogP contribution in [0.5, 0.6) is 0 Å². The maximum Gasteiger partial charge on any atom is 0.141 e. The van der Waals surface area contributed by atoms with E-state index >= 15 is 0 Å². The molecule has 0 heterocycles. The van der Waals surface area contributed by atoms with Crippen LogP contribution in [0.2, 0.25) is 0 Å². The molecule has 0 spiro atoms. The van der Waals surface area contributed by atoms with Crippen molar-refractivity contribution in [3.05, 3.63) is 0 Å². The Balaban J connectivity index is 2.60. The van der Waals surface area contributed by atoms with E-state index in [1.165, 1.54) is 0 Å². The van der Waals surface area contributed by atoms with E-state index in [1.54, 1.807) is 0 Å². The Morgan fingerprint density at radius 3 is 2.56 bits per heavy atom. The number of carbonyl (C=O) groups excluding carboxylic acids is 2. The normalized spacial score (nSPS) is 26.7. The van der Waals surface area contributed by atoms with Gasteiger partial charge in [0.15, 0.2) is 0 Å². The number of aliphatic carboxylic acids is 1. The summed E-state index contributed by atoms with van der Waals surface area (Å²) in [4.78, 5) is 20.7. The maximum atomic E-state index is 10.6. The fourth-order valence-corrected chi connectivity index (χ4v) is 1.06. The lowest BCUT2D eigenvalue weighted by Gasteiger charge is -2.06. The highest BCUT2D eigenvalue weighted by Gasteiger charge is 2.24. The van der Waals surface area contributed by atoms with Gasteiger partial charge in [-0.05, 0) is 12.8 Å². The number of Topliss-reactive ketones (excluding diaryl/α,β-unsaturated/α-hetero) is 1. The molecule has 1 rings (SSSR count). The first-order valence-corrected chi connectivity index (χ1v) is 2.95. The molecule has 0 aliphatic heterocycles. The van der Waals surface area contributed by atoms with Crippen LogP contribution in [-0.2, 0) is 9.59 Å². The molecule has 0 aromatic heterocycles. The van der Waals surface area contributed by atoms with Crippen LogP contribution in [-0.4, -0.2) is 11.8 Å². The summed E-state index contributed by atoms with van der Waals surface area (Å²) in [6.07, 6.45) is 1.59. The van der Waals surface area contributed by atoms with Gasteiger partial charge < -0.3 is 9.90 Å². The first-order valence-electron chi connectivity index (χ1n) is 2.95. The summed E-state index contributed by atoms with van der Waals surface area (Å²) in [5.74, 6) is -2.18. The number of hydrogen-bond donors (Lipinski definition) is 0. The average Bonchev–Trinajstić information content (AvgIpc) is 2.13. The molecule has 3 nitrogen and oxygen atoms in total. The van der Waals surface area contributed by atoms with Gasteiger partial charge in [0.05, 0.1) is 11.9 Å². The Morgan fingerprint density at radius 1 is 1.67 bits per heavy atom. The molecule has 0 saturated heterocycles. The highest BCUT2D eigenvalue weighted by atomic mass is 16.4. The smallest absolute Gasteiger partial charge is 0.141 e. The van der Waals surface area contributed by atoms with Gasteiger partial charge in [0, 0.05) is 6.42 Å². The van der Waals surface area contributed by atoms with Gasteiger partial charge in [0.1, 0.15) is 5.78 Å². The van der Waals surface area contributed by atoms with Gasteiger partial charge in [-0.3, -0.25) is 4.79 Å². The van der Waals surface area contributed by atoms with Crippen LogP contribution in [0.3, 0.4) is 0 Å². The Labute approximate surface area is 52.7 Å². The molecule has 3 heteroatoms. The van der Waals surface area contributed by atoms with E-state index in [-0.39, 0.29) is 5.78 Å². The van der Waals surface area contributed by atoms with Crippen LogP contribution in [0.4, 0.5) is 0 Å². The van der Waals surface area contributed by atoms with E-state index in [4.69, 9.17) is 0 Å². The minimum Gasteiger partial charge on any atom is -0.549 e. The number of carbonyl (C=O) groups is 2. The molecule has 0 aromatic carbocycles. The number of carboxylic acids is 1. The monoisotopic (exact) mass is 127 g/mol. The molecule has 0 bridgehead atoms. The molecule has 9 heavy (non-hydrogen) atoms. The molecule has 1 fully saturated rings. The van der Waals surface area contributed by atoms with Gasteiger partial charge in [-0.25, -0.2) is 0 Å². The third kappa shape index (κ3) is 1.09. The highest BCUT2D eigenvalue weighted by Crippen LogP contribution is 2.19. The molecule has 0 aromatic rings. The van der Waals surface area contributed by atoms with E-state index < -0.39 is 11.9 Å². The molecule has 1 atom stereocenters. The van der Waals surface area contributed by atoms with Crippen LogP contribution in [0.1, 0.15) is 19.3 Å². The van der Waals surface area contributed by atoms with E-state index in [9.17, 15) is 14.7 Å². The van der Waals surface area contributed by atoms with Crippen molar-refractivity contribution >= 4 is 11.8 Å². The summed E-state index contributed by atoms with van der Waals surface area (Å²) < 4.78 is 0. The molecule has 50 valence electrons. The van der Waals surface area contributed by atoms with Crippen molar-refractivity contribution in [2.75, 3.05) is 0 Å². The quantitative estimate of drug-likeness (QED) is 0.429. The lowest BCUT2D eigenvalue weighted by Crippen LogP contribution is -2.33. The predicted molar refractivity (Wildman–Crippen MR) is 27.4 cm³/mol. The number of hydrogen-bond acceptors (Lipinski definition) is 3. The molecule has 0 radical (unpaired) electrons. The average molecular weight is 127 g/mol. The zero-order chi connectivity index (χ0) is 6.85. The van der Waals surface area contributed by atoms with Crippen LogP contribution in [0, 0.1) is 5.92 Å². The summed E-state index contributed by atoms with van der Waals surface area (Å²) >= 11 is 0. The topological polar surface area (TPSA) is 57.2 Å². The van der Waals surface area contributed by atoms with Gasteiger partial charge in [-0.2, -0.15) is 0 Å². The Hall–Kier alpha value is -0.860. The van der Waals surface area contributed by atoms with E-state index in [1.807, 2.05) is 0 Å². The minimum absolute atomic E-state index is 0.171. The summed E-state index contributed by atoms with van der Waals surface area (Å²) in [5.41, 5.74) is 0. The van der Waals surface area contributed by atoms with Crippen molar-refractivity contribution in [1.82, 2.24) is 0 Å². The predicted octanol–water partition coefficient (Wildman–Crippen LogP) is -0.895. The molecule has 1 aliphatic carbocycles. The van der Waals surface area contributed by atoms with Gasteiger partial charge in [-0.1, -0.05) is 0 Å². The van der Waals surface area contributed by atoms with Crippen LogP contribution in [0.15, 0.2) is 0 Å². The lowest BCUT2D eigenvalue weighted by molar-refractivity contribution is -0.309. The lowest BCUT2D eigenvalue weighted by atomic mass is 10.1. The second kappa shape index (κ2) is 2.17. The van der Waals surface area contributed by atoms with Crippen molar-refractivity contribution in [3.8, 4) is 0 Å². The summed E-state index contributed by atoms with van der Waals surface area (Å²) in [6, 6.07) is 0. The summed E-state index contributed by atoms with van der Waals surface area (Å²) in [7, 11) is 0. The van der Waals surface area contributed by atoms with Crippen molar-refractivity contribution < 1.29 is 14.7 Å². The first kappa shape index (κ1) is 6.26. The standard InChI is InChI=1S/C6H8O3/c7-5-3-1-2-4(5)6(8)9/h4H,1-3H2,(H,8,9)/p-1. The zero-order valence-electron chi connectivity index (χ0n) is 4.92. The van der Waals surface area contributed by atoms with Crippen molar-refractivity contribution in [2.24, 2.45) is 5.92 Å². The molecule has 0 amide bonds.